The number of sulfonamides is 1. The minimum Gasteiger partial charge on any atom is -0.481 e. The van der Waals surface area contributed by atoms with E-state index in [0.29, 0.717) is 30.2 Å². The van der Waals surface area contributed by atoms with E-state index in [2.05, 4.69) is 0 Å². The Morgan fingerprint density at radius 3 is 2.64 bits per heavy atom. The highest BCUT2D eigenvalue weighted by Gasteiger charge is 2.32. The summed E-state index contributed by atoms with van der Waals surface area (Å²) in [4.78, 5) is 15.0. The van der Waals surface area contributed by atoms with Gasteiger partial charge >= 0.3 is 0 Å². The maximum Gasteiger partial charge on any atom is 0.268 e. The molecule has 0 aromatic heterocycles. The van der Waals surface area contributed by atoms with Gasteiger partial charge in [-0.3, -0.25) is 4.79 Å². The molecule has 3 rings (SSSR count). The summed E-state index contributed by atoms with van der Waals surface area (Å²) < 4.78 is 31.7. The molecule has 1 aliphatic heterocycles. The van der Waals surface area contributed by atoms with Crippen LogP contribution < -0.4 is 9.64 Å². The molecular formula is C20H23ClN2O4S. The number of nitrogens with zero attached hydrogens (tertiary/aromatic N) is 2. The summed E-state index contributed by atoms with van der Waals surface area (Å²) in [6, 6.07) is 11.8. The van der Waals surface area contributed by atoms with Gasteiger partial charge in [0.25, 0.3) is 5.91 Å². The molecule has 1 atom stereocenters. The van der Waals surface area contributed by atoms with Gasteiger partial charge in [-0.25, -0.2) is 12.7 Å². The van der Waals surface area contributed by atoms with Crippen LogP contribution in [-0.4, -0.2) is 45.4 Å². The maximum absolute atomic E-state index is 13.1. The van der Waals surface area contributed by atoms with Crippen molar-refractivity contribution in [3.8, 4) is 5.75 Å². The van der Waals surface area contributed by atoms with Crippen molar-refractivity contribution >= 4 is 33.2 Å². The molecule has 2 aromatic carbocycles. The Bertz CT molecular complexity index is 991. The lowest BCUT2D eigenvalue weighted by molar-refractivity contribution is -0.125. The second kappa shape index (κ2) is 8.11. The third kappa shape index (κ3) is 4.01. The molecule has 0 spiro atoms. The Labute approximate surface area is 170 Å². The summed E-state index contributed by atoms with van der Waals surface area (Å²) in [5, 5.41) is 0.543. The van der Waals surface area contributed by atoms with E-state index in [4.69, 9.17) is 16.3 Å². The van der Waals surface area contributed by atoms with Crippen molar-refractivity contribution in [3.63, 3.8) is 0 Å². The zero-order chi connectivity index (χ0) is 20.5. The SMILES string of the molecule is CC[C@@H](Oc1cccc(Cl)c1)C(=O)N1CCc2cc(S(=O)(=O)N(C)C)ccc21. The molecule has 0 saturated carbocycles. The lowest BCUT2D eigenvalue weighted by Crippen LogP contribution is -2.41. The first-order valence-corrected chi connectivity index (χ1v) is 10.8. The Kier molecular flexibility index (Phi) is 5.98. The number of rotatable bonds is 6. The van der Waals surface area contributed by atoms with Gasteiger partial charge in [-0.05, 0) is 54.8 Å². The van der Waals surface area contributed by atoms with Crippen LogP contribution in [0, 0.1) is 0 Å². The van der Waals surface area contributed by atoms with E-state index in [0.717, 1.165) is 11.3 Å². The minimum absolute atomic E-state index is 0.149. The third-order valence-corrected chi connectivity index (χ3v) is 6.76. The Morgan fingerprint density at radius 2 is 2.00 bits per heavy atom. The topological polar surface area (TPSA) is 66.9 Å². The minimum atomic E-state index is -3.51. The van der Waals surface area contributed by atoms with Crippen molar-refractivity contribution < 1.29 is 17.9 Å². The molecule has 0 saturated heterocycles. The van der Waals surface area contributed by atoms with Crippen LogP contribution in [0.15, 0.2) is 47.4 Å². The van der Waals surface area contributed by atoms with E-state index in [1.807, 2.05) is 6.92 Å². The lowest BCUT2D eigenvalue weighted by atomic mass is 10.1. The molecule has 0 fully saturated rings. The quantitative estimate of drug-likeness (QED) is 0.716. The second-order valence-corrected chi connectivity index (χ2v) is 9.38. The van der Waals surface area contributed by atoms with Gasteiger partial charge in [0.2, 0.25) is 10.0 Å². The summed E-state index contributed by atoms with van der Waals surface area (Å²) in [5.41, 5.74) is 1.57. The smallest absolute Gasteiger partial charge is 0.268 e. The Balaban J connectivity index is 1.83. The van der Waals surface area contributed by atoms with Crippen molar-refractivity contribution in [2.75, 3.05) is 25.5 Å². The third-order valence-electron chi connectivity index (χ3n) is 4.71. The number of carbonyl (C=O) groups is 1. The van der Waals surface area contributed by atoms with Crippen LogP contribution in [0.3, 0.4) is 0 Å². The number of benzene rings is 2. The van der Waals surface area contributed by atoms with Crippen molar-refractivity contribution in [2.45, 2.75) is 30.8 Å². The molecule has 1 amide bonds. The fraction of sp³-hybridized carbons (Fsp3) is 0.350. The molecule has 0 unspecified atom stereocenters. The first-order chi connectivity index (χ1) is 13.2. The number of fused-ring (bicyclic) bond motifs is 1. The maximum atomic E-state index is 13.1. The normalized spacial score (nSPS) is 14.8. The fourth-order valence-electron chi connectivity index (χ4n) is 3.17. The van der Waals surface area contributed by atoms with Crippen molar-refractivity contribution in [1.29, 1.82) is 0 Å². The van der Waals surface area contributed by atoms with Crippen LogP contribution in [0.4, 0.5) is 5.69 Å². The van der Waals surface area contributed by atoms with Crippen LogP contribution in [-0.2, 0) is 21.2 Å². The standard InChI is InChI=1S/C20H23ClN2O4S/c1-4-19(27-16-7-5-6-15(21)13-16)20(24)23-11-10-14-12-17(8-9-18(14)23)28(25,26)22(2)3/h5-9,12-13,19H,4,10-11H2,1-3H3/t19-/m1/s1. The van der Waals surface area contributed by atoms with E-state index < -0.39 is 16.1 Å². The molecule has 8 heteroatoms. The molecule has 2 aromatic rings. The molecule has 0 bridgehead atoms. The number of anilines is 1. The number of carbonyl (C=O) groups excluding carboxylic acids is 1. The van der Waals surface area contributed by atoms with Gasteiger partial charge in [0.1, 0.15) is 5.75 Å². The number of ether oxygens (including phenoxy) is 1. The molecule has 150 valence electrons. The Hall–Kier alpha value is -2.09. The molecule has 1 heterocycles. The van der Waals surface area contributed by atoms with E-state index in [-0.39, 0.29) is 10.8 Å². The van der Waals surface area contributed by atoms with Gasteiger partial charge < -0.3 is 9.64 Å². The monoisotopic (exact) mass is 422 g/mol. The number of hydrogen-bond acceptors (Lipinski definition) is 4. The lowest BCUT2D eigenvalue weighted by Gasteiger charge is -2.24. The summed E-state index contributed by atoms with van der Waals surface area (Å²) in [6.45, 7) is 2.38. The van der Waals surface area contributed by atoms with Gasteiger partial charge in [-0.2, -0.15) is 0 Å². The molecular weight excluding hydrogens is 400 g/mol. The predicted octanol–water partition coefficient (Wildman–Crippen LogP) is 3.34. The first-order valence-electron chi connectivity index (χ1n) is 9.03. The summed E-state index contributed by atoms with van der Waals surface area (Å²) in [7, 11) is -0.514. The van der Waals surface area contributed by atoms with Gasteiger partial charge in [0.15, 0.2) is 6.10 Å². The number of amides is 1. The zero-order valence-electron chi connectivity index (χ0n) is 16.1. The molecule has 0 N–H and O–H groups in total. The summed E-state index contributed by atoms with van der Waals surface area (Å²) >= 11 is 5.99. The van der Waals surface area contributed by atoms with Crippen molar-refractivity contribution in [3.05, 3.63) is 53.1 Å². The van der Waals surface area contributed by atoms with Crippen LogP contribution in [0.2, 0.25) is 5.02 Å². The number of halogens is 1. The average Bonchev–Trinajstić information content (AvgIpc) is 3.08. The predicted molar refractivity (Wildman–Crippen MR) is 110 cm³/mol. The van der Waals surface area contributed by atoms with E-state index in [1.165, 1.54) is 18.4 Å². The number of hydrogen-bond donors (Lipinski definition) is 0. The highest BCUT2D eigenvalue weighted by molar-refractivity contribution is 7.89. The Morgan fingerprint density at radius 1 is 1.25 bits per heavy atom. The van der Waals surface area contributed by atoms with Crippen LogP contribution in [0.1, 0.15) is 18.9 Å². The van der Waals surface area contributed by atoms with Crippen LogP contribution in [0.5, 0.6) is 5.75 Å². The second-order valence-electron chi connectivity index (χ2n) is 6.79. The van der Waals surface area contributed by atoms with Gasteiger partial charge in [0.05, 0.1) is 4.90 Å². The van der Waals surface area contributed by atoms with Gasteiger partial charge in [-0.1, -0.05) is 24.6 Å². The van der Waals surface area contributed by atoms with Crippen molar-refractivity contribution in [1.82, 2.24) is 4.31 Å². The molecule has 28 heavy (non-hydrogen) atoms. The van der Waals surface area contributed by atoms with Crippen LogP contribution >= 0.6 is 11.6 Å². The molecule has 0 radical (unpaired) electrons. The molecule has 0 aliphatic carbocycles. The van der Waals surface area contributed by atoms with E-state index in [1.54, 1.807) is 47.4 Å². The first kappa shape index (κ1) is 20.6. The molecule has 1 aliphatic rings. The highest BCUT2D eigenvalue weighted by Crippen LogP contribution is 2.32. The molecule has 6 nitrogen and oxygen atoms in total. The largest absolute Gasteiger partial charge is 0.481 e. The van der Waals surface area contributed by atoms with E-state index >= 15 is 0 Å². The zero-order valence-corrected chi connectivity index (χ0v) is 17.6. The average molecular weight is 423 g/mol. The van der Waals surface area contributed by atoms with Gasteiger partial charge in [0, 0.05) is 31.4 Å². The summed E-state index contributed by atoms with van der Waals surface area (Å²) in [6.07, 6.45) is 0.463. The van der Waals surface area contributed by atoms with Crippen LogP contribution in [0.25, 0.3) is 0 Å². The van der Waals surface area contributed by atoms with Gasteiger partial charge in [-0.15, -0.1) is 0 Å². The summed E-state index contributed by atoms with van der Waals surface area (Å²) in [5.74, 6) is 0.393. The van der Waals surface area contributed by atoms with Crippen molar-refractivity contribution in [2.24, 2.45) is 0 Å². The van der Waals surface area contributed by atoms with E-state index in [9.17, 15) is 13.2 Å². The highest BCUT2D eigenvalue weighted by atomic mass is 35.5. The fourth-order valence-corrected chi connectivity index (χ4v) is 4.30.